The van der Waals surface area contributed by atoms with Crippen LogP contribution in [-0.4, -0.2) is 31.4 Å². The van der Waals surface area contributed by atoms with Crippen molar-refractivity contribution in [2.45, 2.75) is 39.2 Å². The number of hydrogen-bond acceptors (Lipinski definition) is 5. The van der Waals surface area contributed by atoms with E-state index >= 15 is 0 Å². The number of fused-ring (bicyclic) bond motifs is 2. The molecule has 8 nitrogen and oxygen atoms in total. The van der Waals surface area contributed by atoms with Crippen LogP contribution < -0.4 is 10.6 Å². The summed E-state index contributed by atoms with van der Waals surface area (Å²) in [5.74, 6) is 0.282. The van der Waals surface area contributed by atoms with Gasteiger partial charge < -0.3 is 10.6 Å². The Morgan fingerprint density at radius 2 is 1.85 bits per heavy atom. The van der Waals surface area contributed by atoms with Crippen molar-refractivity contribution in [2.75, 3.05) is 5.32 Å². The van der Waals surface area contributed by atoms with Gasteiger partial charge in [-0.2, -0.15) is 5.10 Å². The van der Waals surface area contributed by atoms with Crippen molar-refractivity contribution in [1.29, 1.82) is 0 Å². The largest absolute Gasteiger partial charge is 0.345 e. The third-order valence-electron chi connectivity index (χ3n) is 5.98. The molecule has 2 aromatic carbocycles. The fraction of sp³-hybridized carbons (Fsp3) is 0.240. The molecular formula is C25H24N6O2. The zero-order valence-electron chi connectivity index (χ0n) is 18.5. The zero-order chi connectivity index (χ0) is 22.9. The van der Waals surface area contributed by atoms with E-state index in [1.165, 1.54) is 0 Å². The van der Waals surface area contributed by atoms with Gasteiger partial charge in [-0.25, -0.2) is 4.98 Å². The van der Waals surface area contributed by atoms with Crippen molar-refractivity contribution in [3.05, 3.63) is 77.2 Å². The number of benzene rings is 2. The van der Waals surface area contributed by atoms with E-state index in [1.54, 1.807) is 6.07 Å². The van der Waals surface area contributed by atoms with Crippen molar-refractivity contribution < 1.29 is 9.59 Å². The third kappa shape index (κ3) is 3.84. The maximum absolute atomic E-state index is 12.6. The smallest absolute Gasteiger partial charge is 0.254 e. The summed E-state index contributed by atoms with van der Waals surface area (Å²) >= 11 is 0. The van der Waals surface area contributed by atoms with E-state index in [-0.39, 0.29) is 24.3 Å². The Bertz CT molecular complexity index is 1360. The molecule has 2 amide bonds. The van der Waals surface area contributed by atoms with Gasteiger partial charge in [0.05, 0.1) is 23.9 Å². The van der Waals surface area contributed by atoms with Crippen molar-refractivity contribution in [1.82, 2.24) is 24.9 Å². The second kappa shape index (κ2) is 8.46. The van der Waals surface area contributed by atoms with Crippen LogP contribution in [0.3, 0.4) is 0 Å². The minimum Gasteiger partial charge on any atom is -0.345 e. The first-order chi connectivity index (χ1) is 16.1. The van der Waals surface area contributed by atoms with E-state index in [0.29, 0.717) is 17.0 Å². The number of aryl methyl sites for hydroxylation is 2. The molecule has 4 aromatic rings. The Balaban J connectivity index is 1.30. The summed E-state index contributed by atoms with van der Waals surface area (Å²) in [7, 11) is 0. The molecule has 3 heterocycles. The van der Waals surface area contributed by atoms with Crippen LogP contribution in [-0.2, 0) is 17.6 Å². The summed E-state index contributed by atoms with van der Waals surface area (Å²) < 4.78 is 2.00. The molecule has 2 N–H and O–H groups in total. The summed E-state index contributed by atoms with van der Waals surface area (Å²) in [5, 5.41) is 14.3. The van der Waals surface area contributed by atoms with Crippen LogP contribution in [0, 0.1) is 0 Å². The SMILES string of the molecule is CCc1nnc2nc(-c3ccc(NC(=O)CC4NC(=O)c5ccccc54)cc3)cn2c1CC. The Hall–Kier alpha value is -4.07. The van der Waals surface area contributed by atoms with Crippen LogP contribution >= 0.6 is 0 Å². The highest BCUT2D eigenvalue weighted by Crippen LogP contribution is 2.28. The summed E-state index contributed by atoms with van der Waals surface area (Å²) in [6, 6.07) is 14.6. The van der Waals surface area contributed by atoms with Crippen LogP contribution in [0.4, 0.5) is 5.69 Å². The molecule has 1 aliphatic rings. The molecule has 0 radical (unpaired) electrons. The van der Waals surface area contributed by atoms with Crippen LogP contribution in [0.2, 0.25) is 0 Å². The Morgan fingerprint density at radius 1 is 1.06 bits per heavy atom. The van der Waals surface area contributed by atoms with E-state index in [1.807, 2.05) is 53.1 Å². The first kappa shape index (κ1) is 20.8. The lowest BCUT2D eigenvalue weighted by atomic mass is 10.0. The predicted molar refractivity (Wildman–Crippen MR) is 125 cm³/mol. The van der Waals surface area contributed by atoms with E-state index < -0.39 is 0 Å². The fourth-order valence-electron chi connectivity index (χ4n) is 4.33. The van der Waals surface area contributed by atoms with Gasteiger partial charge in [0.15, 0.2) is 0 Å². The lowest BCUT2D eigenvalue weighted by Crippen LogP contribution is -2.24. The number of imidazole rings is 1. The molecule has 1 unspecified atom stereocenters. The highest BCUT2D eigenvalue weighted by Gasteiger charge is 2.29. The second-order valence-electron chi connectivity index (χ2n) is 8.04. The average Bonchev–Trinajstić information content (AvgIpc) is 3.40. The minimum absolute atomic E-state index is 0.137. The van der Waals surface area contributed by atoms with Gasteiger partial charge in [0, 0.05) is 28.7 Å². The molecule has 0 saturated heterocycles. The van der Waals surface area contributed by atoms with Crippen LogP contribution in [0.5, 0.6) is 0 Å². The Kier molecular flexibility index (Phi) is 5.34. The van der Waals surface area contributed by atoms with E-state index in [2.05, 4.69) is 39.7 Å². The molecule has 166 valence electrons. The van der Waals surface area contributed by atoms with Gasteiger partial charge in [-0.05, 0) is 36.6 Å². The number of hydrogen-bond donors (Lipinski definition) is 2. The Morgan fingerprint density at radius 3 is 2.61 bits per heavy atom. The van der Waals surface area contributed by atoms with Crippen molar-refractivity contribution in [3.8, 4) is 11.3 Å². The average molecular weight is 441 g/mol. The van der Waals surface area contributed by atoms with Crippen LogP contribution in [0.15, 0.2) is 54.7 Å². The number of carbonyl (C=O) groups excluding carboxylic acids is 2. The molecule has 5 rings (SSSR count). The third-order valence-corrected chi connectivity index (χ3v) is 5.98. The molecule has 2 aromatic heterocycles. The summed E-state index contributed by atoms with van der Waals surface area (Å²) in [4.78, 5) is 29.3. The van der Waals surface area contributed by atoms with Crippen molar-refractivity contribution >= 4 is 23.3 Å². The molecular weight excluding hydrogens is 416 g/mol. The fourth-order valence-corrected chi connectivity index (χ4v) is 4.33. The Labute approximate surface area is 191 Å². The molecule has 1 aliphatic heterocycles. The summed E-state index contributed by atoms with van der Waals surface area (Å²) in [6.07, 6.45) is 3.83. The lowest BCUT2D eigenvalue weighted by molar-refractivity contribution is -0.116. The molecule has 0 bridgehead atoms. The van der Waals surface area contributed by atoms with Gasteiger partial charge in [-0.3, -0.25) is 14.0 Å². The van der Waals surface area contributed by atoms with Gasteiger partial charge in [-0.15, -0.1) is 5.10 Å². The zero-order valence-corrected chi connectivity index (χ0v) is 18.5. The normalized spacial score (nSPS) is 14.8. The van der Waals surface area contributed by atoms with Gasteiger partial charge in [0.2, 0.25) is 5.91 Å². The quantitative estimate of drug-likeness (QED) is 0.476. The molecule has 0 spiro atoms. The number of nitrogens with zero attached hydrogens (tertiary/aromatic N) is 4. The van der Waals surface area contributed by atoms with E-state index in [9.17, 15) is 9.59 Å². The van der Waals surface area contributed by atoms with Gasteiger partial charge in [0.25, 0.3) is 11.7 Å². The molecule has 8 heteroatoms. The number of rotatable bonds is 6. The minimum atomic E-state index is -0.312. The molecule has 0 fully saturated rings. The van der Waals surface area contributed by atoms with Crippen molar-refractivity contribution in [3.63, 3.8) is 0 Å². The van der Waals surface area contributed by atoms with Gasteiger partial charge in [-0.1, -0.05) is 44.2 Å². The number of aromatic nitrogens is 4. The number of carbonyl (C=O) groups is 2. The first-order valence-electron chi connectivity index (χ1n) is 11.1. The summed E-state index contributed by atoms with van der Waals surface area (Å²) in [6.45, 7) is 4.17. The number of amides is 2. The van der Waals surface area contributed by atoms with Crippen LogP contribution in [0.1, 0.15) is 53.6 Å². The molecule has 1 atom stereocenters. The van der Waals surface area contributed by atoms with Crippen LogP contribution in [0.25, 0.3) is 17.0 Å². The predicted octanol–water partition coefficient (Wildman–Crippen LogP) is 3.73. The molecule has 0 aliphatic carbocycles. The molecule has 0 saturated carbocycles. The first-order valence-corrected chi connectivity index (χ1v) is 11.1. The standard InChI is InChI=1S/C25H24N6O2/c1-3-19-22(4-2)31-14-21(28-25(31)30-29-19)15-9-11-16(12-10-15)26-23(32)13-20-17-7-5-6-8-18(17)24(33)27-20/h5-12,14,20H,3-4,13H2,1-2H3,(H,26,32)(H,27,33). The number of anilines is 1. The van der Waals surface area contributed by atoms with Crippen molar-refractivity contribution in [2.24, 2.45) is 0 Å². The lowest BCUT2D eigenvalue weighted by Gasteiger charge is -2.12. The van der Waals surface area contributed by atoms with E-state index in [4.69, 9.17) is 0 Å². The highest BCUT2D eigenvalue weighted by molar-refractivity contribution is 6.00. The second-order valence-corrected chi connectivity index (χ2v) is 8.04. The topological polar surface area (TPSA) is 101 Å². The highest BCUT2D eigenvalue weighted by atomic mass is 16.2. The van der Waals surface area contributed by atoms with E-state index in [0.717, 1.165) is 41.1 Å². The summed E-state index contributed by atoms with van der Waals surface area (Å²) in [5.41, 5.74) is 6.01. The van der Waals surface area contributed by atoms with Gasteiger partial charge >= 0.3 is 0 Å². The molecule has 33 heavy (non-hydrogen) atoms. The maximum atomic E-state index is 12.6. The maximum Gasteiger partial charge on any atom is 0.254 e. The monoisotopic (exact) mass is 440 g/mol. The van der Waals surface area contributed by atoms with Gasteiger partial charge in [0.1, 0.15) is 0 Å². The number of nitrogens with one attached hydrogen (secondary N) is 2.